The van der Waals surface area contributed by atoms with Crippen molar-refractivity contribution >= 4 is 17.2 Å². The number of aliphatic imine (C=N–C) groups is 1. The van der Waals surface area contributed by atoms with E-state index in [2.05, 4.69) is 5.32 Å². The van der Waals surface area contributed by atoms with Crippen molar-refractivity contribution in [2.75, 3.05) is 11.1 Å². The number of fused-ring (bicyclic) bond motifs is 1. The SMILES string of the molecule is CC1Oc2ccc(N)cc2NC1=NC1CCCCC1. The van der Waals surface area contributed by atoms with Crippen molar-refractivity contribution in [2.24, 2.45) is 4.99 Å². The third-order valence-corrected chi connectivity index (χ3v) is 3.85. The van der Waals surface area contributed by atoms with Crippen molar-refractivity contribution in [1.82, 2.24) is 0 Å². The highest BCUT2D eigenvalue weighted by Gasteiger charge is 2.23. The molecule has 19 heavy (non-hydrogen) atoms. The van der Waals surface area contributed by atoms with Crippen LogP contribution in [0, 0.1) is 0 Å². The smallest absolute Gasteiger partial charge is 0.153 e. The quantitative estimate of drug-likeness (QED) is 0.761. The summed E-state index contributed by atoms with van der Waals surface area (Å²) in [5.74, 6) is 1.79. The van der Waals surface area contributed by atoms with Gasteiger partial charge in [0.2, 0.25) is 0 Å². The number of amidine groups is 1. The minimum Gasteiger partial charge on any atom is -0.481 e. The lowest BCUT2D eigenvalue weighted by molar-refractivity contribution is 0.281. The maximum Gasteiger partial charge on any atom is 0.153 e. The predicted octanol–water partition coefficient (Wildman–Crippen LogP) is 3.19. The van der Waals surface area contributed by atoms with Crippen LogP contribution in [0.5, 0.6) is 5.75 Å². The van der Waals surface area contributed by atoms with Crippen LogP contribution in [0.3, 0.4) is 0 Å². The van der Waals surface area contributed by atoms with E-state index in [4.69, 9.17) is 15.5 Å². The van der Waals surface area contributed by atoms with Crippen LogP contribution in [0.1, 0.15) is 39.0 Å². The Hall–Kier alpha value is -1.71. The van der Waals surface area contributed by atoms with Crippen LogP contribution < -0.4 is 15.8 Å². The number of nitrogen functional groups attached to an aromatic ring is 1. The fraction of sp³-hybridized carbons (Fsp3) is 0.533. The molecule has 1 atom stereocenters. The van der Waals surface area contributed by atoms with Gasteiger partial charge in [0, 0.05) is 5.69 Å². The third-order valence-electron chi connectivity index (χ3n) is 3.85. The van der Waals surface area contributed by atoms with Gasteiger partial charge in [-0.25, -0.2) is 0 Å². The Balaban J connectivity index is 1.81. The number of hydrogen-bond donors (Lipinski definition) is 2. The molecule has 1 saturated carbocycles. The number of nitrogens with two attached hydrogens (primary N) is 1. The lowest BCUT2D eigenvalue weighted by Crippen LogP contribution is -2.36. The maximum absolute atomic E-state index is 5.89. The monoisotopic (exact) mass is 259 g/mol. The zero-order valence-corrected chi connectivity index (χ0v) is 11.4. The molecule has 3 N–H and O–H groups in total. The highest BCUT2D eigenvalue weighted by atomic mass is 16.5. The normalized spacial score (nSPS) is 25.5. The van der Waals surface area contributed by atoms with Crippen LogP contribution in [0.15, 0.2) is 23.2 Å². The second kappa shape index (κ2) is 5.11. The first-order valence-electron chi connectivity index (χ1n) is 7.13. The third kappa shape index (κ3) is 2.67. The van der Waals surface area contributed by atoms with E-state index in [0.717, 1.165) is 23.0 Å². The Bertz CT molecular complexity index is 492. The summed E-state index contributed by atoms with van der Waals surface area (Å²) in [6.07, 6.45) is 6.31. The standard InChI is InChI=1S/C15H21N3O/c1-10-15(17-12-5-3-2-4-6-12)18-13-9-11(16)7-8-14(13)19-10/h7-10,12H,2-6,16H2,1H3,(H,17,18). The molecule has 0 spiro atoms. The van der Waals surface area contributed by atoms with Gasteiger partial charge in [-0.15, -0.1) is 0 Å². The molecule has 1 fully saturated rings. The van der Waals surface area contributed by atoms with Crippen LogP contribution >= 0.6 is 0 Å². The summed E-state index contributed by atoms with van der Waals surface area (Å²) in [7, 11) is 0. The maximum atomic E-state index is 5.89. The zero-order valence-electron chi connectivity index (χ0n) is 11.4. The Morgan fingerprint density at radius 1 is 1.26 bits per heavy atom. The van der Waals surface area contributed by atoms with Crippen LogP contribution in [0.2, 0.25) is 0 Å². The predicted molar refractivity (Wildman–Crippen MR) is 78.9 cm³/mol. The van der Waals surface area contributed by atoms with E-state index in [1.54, 1.807) is 0 Å². The van der Waals surface area contributed by atoms with Crippen molar-refractivity contribution in [1.29, 1.82) is 0 Å². The van der Waals surface area contributed by atoms with E-state index >= 15 is 0 Å². The second-order valence-corrected chi connectivity index (χ2v) is 5.45. The van der Waals surface area contributed by atoms with Gasteiger partial charge in [-0.2, -0.15) is 0 Å². The van der Waals surface area contributed by atoms with E-state index in [-0.39, 0.29) is 6.10 Å². The van der Waals surface area contributed by atoms with Gasteiger partial charge in [0.05, 0.1) is 11.7 Å². The molecule has 0 aromatic heterocycles. The molecule has 0 amide bonds. The first-order chi connectivity index (χ1) is 9.22. The number of rotatable bonds is 1. The number of nitrogens with zero attached hydrogens (tertiary/aromatic N) is 1. The Morgan fingerprint density at radius 2 is 2.05 bits per heavy atom. The Kier molecular flexibility index (Phi) is 3.32. The van der Waals surface area contributed by atoms with Crippen LogP contribution in [0.4, 0.5) is 11.4 Å². The van der Waals surface area contributed by atoms with Crippen molar-refractivity contribution < 1.29 is 4.74 Å². The number of hydrogen-bond acceptors (Lipinski definition) is 3. The molecule has 2 aliphatic rings. The molecule has 1 aliphatic carbocycles. The number of benzene rings is 1. The van der Waals surface area contributed by atoms with Gasteiger partial charge in [-0.05, 0) is 38.0 Å². The molecule has 1 unspecified atom stereocenters. The summed E-state index contributed by atoms with van der Waals surface area (Å²) in [6, 6.07) is 6.12. The van der Waals surface area contributed by atoms with Gasteiger partial charge >= 0.3 is 0 Å². The molecule has 4 nitrogen and oxygen atoms in total. The number of ether oxygens (including phenoxy) is 1. The van der Waals surface area contributed by atoms with E-state index in [1.807, 2.05) is 25.1 Å². The van der Waals surface area contributed by atoms with E-state index in [1.165, 1.54) is 32.1 Å². The molecule has 0 radical (unpaired) electrons. The minimum atomic E-state index is -0.0157. The van der Waals surface area contributed by atoms with Gasteiger partial charge < -0.3 is 15.8 Å². The topological polar surface area (TPSA) is 59.6 Å². The molecular weight excluding hydrogens is 238 g/mol. The molecule has 1 aliphatic heterocycles. The summed E-state index contributed by atoms with van der Waals surface area (Å²) >= 11 is 0. The molecule has 4 heteroatoms. The average Bonchev–Trinajstić information content (AvgIpc) is 2.41. The molecule has 3 rings (SSSR count). The van der Waals surface area contributed by atoms with Crippen LogP contribution in [0.25, 0.3) is 0 Å². The van der Waals surface area contributed by atoms with Crippen molar-refractivity contribution in [3.63, 3.8) is 0 Å². The molecule has 1 aromatic carbocycles. The van der Waals surface area contributed by atoms with Gasteiger partial charge in [0.1, 0.15) is 11.6 Å². The first-order valence-corrected chi connectivity index (χ1v) is 7.13. The fourth-order valence-electron chi connectivity index (χ4n) is 2.78. The summed E-state index contributed by atoms with van der Waals surface area (Å²) in [5, 5.41) is 3.38. The van der Waals surface area contributed by atoms with E-state index in [0.29, 0.717) is 6.04 Å². The molecular formula is C15H21N3O. The molecule has 102 valence electrons. The van der Waals surface area contributed by atoms with E-state index < -0.39 is 0 Å². The molecule has 0 saturated heterocycles. The summed E-state index contributed by atoms with van der Waals surface area (Å²) in [6.45, 7) is 2.04. The van der Waals surface area contributed by atoms with Gasteiger partial charge in [0.15, 0.2) is 6.10 Å². The first kappa shape index (κ1) is 12.3. The highest BCUT2D eigenvalue weighted by molar-refractivity contribution is 6.02. The fourth-order valence-corrected chi connectivity index (χ4v) is 2.78. The van der Waals surface area contributed by atoms with Crippen LogP contribution in [-0.4, -0.2) is 18.0 Å². The largest absolute Gasteiger partial charge is 0.481 e. The zero-order chi connectivity index (χ0) is 13.2. The van der Waals surface area contributed by atoms with Crippen LogP contribution in [-0.2, 0) is 0 Å². The number of anilines is 2. The molecule has 0 bridgehead atoms. The molecule has 1 heterocycles. The summed E-state index contributed by atoms with van der Waals surface area (Å²) in [4.78, 5) is 4.84. The summed E-state index contributed by atoms with van der Waals surface area (Å²) < 4.78 is 5.89. The lowest BCUT2D eigenvalue weighted by atomic mass is 9.96. The summed E-state index contributed by atoms with van der Waals surface area (Å²) in [5.41, 5.74) is 7.47. The Labute approximate surface area is 114 Å². The lowest BCUT2D eigenvalue weighted by Gasteiger charge is -2.28. The molecule has 1 aromatic rings. The average molecular weight is 259 g/mol. The highest BCUT2D eigenvalue weighted by Crippen LogP contribution is 2.32. The van der Waals surface area contributed by atoms with Gasteiger partial charge in [0.25, 0.3) is 0 Å². The van der Waals surface area contributed by atoms with E-state index in [9.17, 15) is 0 Å². The number of nitrogens with one attached hydrogen (secondary N) is 1. The van der Waals surface area contributed by atoms with Crippen molar-refractivity contribution in [3.8, 4) is 5.75 Å². The van der Waals surface area contributed by atoms with Gasteiger partial charge in [-0.3, -0.25) is 4.99 Å². The Morgan fingerprint density at radius 3 is 2.84 bits per heavy atom. The van der Waals surface area contributed by atoms with Crippen molar-refractivity contribution in [2.45, 2.75) is 51.2 Å². The van der Waals surface area contributed by atoms with Gasteiger partial charge in [-0.1, -0.05) is 19.3 Å². The minimum absolute atomic E-state index is 0.0157. The second-order valence-electron chi connectivity index (χ2n) is 5.45. The van der Waals surface area contributed by atoms with Crippen molar-refractivity contribution in [3.05, 3.63) is 18.2 Å².